The van der Waals surface area contributed by atoms with Gasteiger partial charge in [-0.2, -0.15) is 4.31 Å². The van der Waals surface area contributed by atoms with Crippen molar-refractivity contribution in [3.63, 3.8) is 0 Å². The molecule has 1 saturated heterocycles. The molecule has 0 aromatic carbocycles. The number of thiophene rings is 1. The predicted molar refractivity (Wildman–Crippen MR) is 109 cm³/mol. The van der Waals surface area contributed by atoms with Crippen molar-refractivity contribution in [2.45, 2.75) is 48.8 Å². The van der Waals surface area contributed by atoms with E-state index in [9.17, 15) is 8.42 Å². The van der Waals surface area contributed by atoms with Crippen LogP contribution >= 0.6 is 22.7 Å². The van der Waals surface area contributed by atoms with E-state index >= 15 is 0 Å². The molecule has 0 radical (unpaired) electrons. The third-order valence-electron chi connectivity index (χ3n) is 5.34. The lowest BCUT2D eigenvalue weighted by Gasteiger charge is -2.31. The summed E-state index contributed by atoms with van der Waals surface area (Å²) in [7, 11) is -3.51. The highest BCUT2D eigenvalue weighted by molar-refractivity contribution is 7.91. The fourth-order valence-electron chi connectivity index (χ4n) is 3.75. The van der Waals surface area contributed by atoms with Crippen LogP contribution < -0.4 is 0 Å². The number of thiazole rings is 1. The van der Waals surface area contributed by atoms with Crippen molar-refractivity contribution in [2.24, 2.45) is 0 Å². The lowest BCUT2D eigenvalue weighted by molar-refractivity contribution is 0.305. The summed E-state index contributed by atoms with van der Waals surface area (Å²) < 4.78 is 30.7. The molecule has 1 aliphatic carbocycles. The van der Waals surface area contributed by atoms with Gasteiger partial charge in [0.2, 0.25) is 0 Å². The predicted octanol–water partition coefficient (Wildman–Crippen LogP) is 3.67. The van der Waals surface area contributed by atoms with Crippen LogP contribution in [0.15, 0.2) is 28.0 Å². The van der Waals surface area contributed by atoms with E-state index in [1.54, 1.807) is 28.0 Å². The maximum Gasteiger partial charge on any atom is 0.252 e. The lowest BCUT2D eigenvalue weighted by Crippen LogP contribution is -2.39. The first-order valence-corrected chi connectivity index (χ1v) is 12.6. The van der Waals surface area contributed by atoms with Crippen molar-refractivity contribution in [1.29, 1.82) is 0 Å². The fraction of sp³-hybridized carbons (Fsp3) is 0.500. The van der Waals surface area contributed by atoms with Gasteiger partial charge in [0.05, 0.1) is 15.6 Å². The first-order chi connectivity index (χ1) is 13.5. The molecule has 4 heterocycles. The second kappa shape index (κ2) is 7.01. The van der Waals surface area contributed by atoms with Gasteiger partial charge in [0, 0.05) is 30.4 Å². The summed E-state index contributed by atoms with van der Waals surface area (Å²) in [5, 5.41) is 11.4. The molecule has 3 aromatic rings. The van der Waals surface area contributed by atoms with Crippen LogP contribution in [0.25, 0.3) is 10.6 Å². The van der Waals surface area contributed by atoms with Gasteiger partial charge < -0.3 is 4.57 Å². The Hall–Kier alpha value is -1.62. The minimum atomic E-state index is -3.51. The van der Waals surface area contributed by atoms with Crippen molar-refractivity contribution >= 4 is 32.7 Å². The highest BCUT2D eigenvalue weighted by Crippen LogP contribution is 2.39. The first-order valence-electron chi connectivity index (χ1n) is 9.44. The molecule has 5 rings (SSSR count). The van der Waals surface area contributed by atoms with Crippen molar-refractivity contribution < 1.29 is 8.42 Å². The minimum absolute atomic E-state index is 0.104. The van der Waals surface area contributed by atoms with Crippen LogP contribution in [0.1, 0.15) is 48.5 Å². The van der Waals surface area contributed by atoms with Gasteiger partial charge in [-0.05, 0) is 44.7 Å². The molecular formula is C18H21N5O2S3. The molecule has 0 spiro atoms. The molecule has 148 valence electrons. The van der Waals surface area contributed by atoms with Crippen LogP contribution in [0.3, 0.4) is 0 Å². The number of rotatable bonds is 5. The molecule has 1 aliphatic heterocycles. The smallest absolute Gasteiger partial charge is 0.252 e. The molecular weight excluding hydrogens is 414 g/mol. The Kier molecular flexibility index (Phi) is 4.61. The highest BCUT2D eigenvalue weighted by Gasteiger charge is 2.36. The van der Waals surface area contributed by atoms with Gasteiger partial charge in [-0.25, -0.2) is 13.4 Å². The average molecular weight is 436 g/mol. The minimum Gasteiger partial charge on any atom is -0.314 e. The third kappa shape index (κ3) is 3.32. The van der Waals surface area contributed by atoms with Crippen molar-refractivity contribution in [3.05, 3.63) is 34.7 Å². The fourth-order valence-corrected chi connectivity index (χ4v) is 7.38. The Morgan fingerprint density at radius 3 is 2.82 bits per heavy atom. The number of hydrogen-bond donors (Lipinski definition) is 0. The number of aromatic nitrogens is 4. The number of sulfonamides is 1. The molecule has 1 unspecified atom stereocenters. The molecule has 2 aliphatic rings. The van der Waals surface area contributed by atoms with E-state index in [1.807, 2.05) is 18.4 Å². The topological polar surface area (TPSA) is 81.0 Å². The van der Waals surface area contributed by atoms with E-state index in [0.29, 0.717) is 23.3 Å². The zero-order valence-corrected chi connectivity index (χ0v) is 17.9. The van der Waals surface area contributed by atoms with Crippen molar-refractivity contribution in [3.8, 4) is 10.6 Å². The molecule has 0 bridgehead atoms. The number of nitrogens with zero attached hydrogens (tertiary/aromatic N) is 5. The Balaban J connectivity index is 1.38. The number of aryl methyl sites for hydroxylation is 1. The third-order valence-corrected chi connectivity index (χ3v) is 9.55. The molecule has 0 amide bonds. The summed E-state index contributed by atoms with van der Waals surface area (Å²) in [6, 6.07) is 4.07. The second-order valence-electron chi connectivity index (χ2n) is 7.40. The standard InChI is InChI=1S/C18H21N5O2S3/c1-12-20-15(10-26-12)16-6-7-17(27-16)28(24,25)22-8-2-3-13(9-22)18-21-19-11-23(18)14-4-5-14/h6-7,10-11,13-14H,2-5,8-9H2,1H3. The van der Waals surface area contributed by atoms with E-state index in [0.717, 1.165) is 47.1 Å². The summed E-state index contributed by atoms with van der Waals surface area (Å²) in [5.74, 6) is 1.04. The maximum absolute atomic E-state index is 13.3. The van der Waals surface area contributed by atoms with Gasteiger partial charge in [-0.1, -0.05) is 0 Å². The number of piperidine rings is 1. The lowest BCUT2D eigenvalue weighted by atomic mass is 9.99. The summed E-state index contributed by atoms with van der Waals surface area (Å²) >= 11 is 2.87. The summed E-state index contributed by atoms with van der Waals surface area (Å²) in [6.07, 6.45) is 5.90. The normalized spacial score (nSPS) is 21.2. The molecule has 2 fully saturated rings. The van der Waals surface area contributed by atoms with E-state index < -0.39 is 10.0 Å². The van der Waals surface area contributed by atoms with Crippen molar-refractivity contribution in [1.82, 2.24) is 24.1 Å². The summed E-state index contributed by atoms with van der Waals surface area (Å²) in [4.78, 5) is 5.36. The van der Waals surface area contributed by atoms with Gasteiger partial charge in [0.1, 0.15) is 16.4 Å². The first kappa shape index (κ1) is 18.4. The van der Waals surface area contributed by atoms with Crippen LogP contribution in [-0.4, -0.2) is 45.6 Å². The number of hydrogen-bond acceptors (Lipinski definition) is 7. The molecule has 28 heavy (non-hydrogen) atoms. The largest absolute Gasteiger partial charge is 0.314 e. The van der Waals surface area contributed by atoms with Crippen LogP contribution in [0.4, 0.5) is 0 Å². The summed E-state index contributed by atoms with van der Waals surface area (Å²) in [6.45, 7) is 2.98. The van der Waals surface area contributed by atoms with Crippen LogP contribution in [0, 0.1) is 6.92 Å². The average Bonchev–Trinajstić information content (AvgIpc) is 3.11. The van der Waals surface area contributed by atoms with Gasteiger partial charge in [-0.3, -0.25) is 0 Å². The van der Waals surface area contributed by atoms with Crippen LogP contribution in [-0.2, 0) is 10.0 Å². The Labute approximate surface area is 172 Å². The Morgan fingerprint density at radius 2 is 2.07 bits per heavy atom. The van der Waals surface area contributed by atoms with E-state index in [2.05, 4.69) is 19.7 Å². The van der Waals surface area contributed by atoms with E-state index in [1.165, 1.54) is 11.3 Å². The summed E-state index contributed by atoms with van der Waals surface area (Å²) in [5.41, 5.74) is 0.850. The van der Waals surface area contributed by atoms with Gasteiger partial charge in [-0.15, -0.1) is 32.9 Å². The molecule has 1 saturated carbocycles. The molecule has 1 atom stereocenters. The highest BCUT2D eigenvalue weighted by atomic mass is 32.2. The zero-order chi connectivity index (χ0) is 19.3. The maximum atomic E-state index is 13.3. The van der Waals surface area contributed by atoms with E-state index in [4.69, 9.17) is 0 Å². The quantitative estimate of drug-likeness (QED) is 0.611. The second-order valence-corrected chi connectivity index (χ2v) is 11.7. The van der Waals surface area contributed by atoms with Gasteiger partial charge in [0.25, 0.3) is 10.0 Å². The van der Waals surface area contributed by atoms with Crippen LogP contribution in [0.5, 0.6) is 0 Å². The van der Waals surface area contributed by atoms with E-state index in [-0.39, 0.29) is 5.92 Å². The van der Waals surface area contributed by atoms with Gasteiger partial charge in [0.15, 0.2) is 0 Å². The molecule has 7 nitrogen and oxygen atoms in total. The van der Waals surface area contributed by atoms with Crippen molar-refractivity contribution in [2.75, 3.05) is 13.1 Å². The molecule has 0 N–H and O–H groups in total. The monoisotopic (exact) mass is 435 g/mol. The zero-order valence-electron chi connectivity index (χ0n) is 15.5. The Morgan fingerprint density at radius 1 is 1.21 bits per heavy atom. The molecule has 3 aromatic heterocycles. The Bertz CT molecular complexity index is 1100. The molecule has 10 heteroatoms. The van der Waals surface area contributed by atoms with Crippen LogP contribution in [0.2, 0.25) is 0 Å². The van der Waals surface area contributed by atoms with Gasteiger partial charge >= 0.3 is 0 Å². The SMILES string of the molecule is Cc1nc(-c2ccc(S(=O)(=O)N3CCCC(c4nncn4C4CC4)C3)s2)cs1.